The molecule has 2 fully saturated rings. The predicted octanol–water partition coefficient (Wildman–Crippen LogP) is 3.89. The summed E-state index contributed by atoms with van der Waals surface area (Å²) in [6.07, 6.45) is 4.14. The smallest absolute Gasteiger partial charge is 0.142 e. The van der Waals surface area contributed by atoms with Crippen LogP contribution in [0, 0.1) is 0 Å². The number of aromatic hydroxyl groups is 2. The van der Waals surface area contributed by atoms with Crippen molar-refractivity contribution in [3.05, 3.63) is 47.5 Å². The summed E-state index contributed by atoms with van der Waals surface area (Å²) in [5.74, 6) is 0.988. The lowest BCUT2D eigenvalue weighted by atomic mass is 9.97. The Morgan fingerprint density at radius 1 is 1.07 bits per heavy atom. The second kappa shape index (κ2) is 7.95. The Morgan fingerprint density at radius 2 is 1.83 bits per heavy atom. The van der Waals surface area contributed by atoms with Crippen molar-refractivity contribution in [2.45, 2.75) is 44.4 Å². The van der Waals surface area contributed by atoms with Gasteiger partial charge in [0.2, 0.25) is 0 Å². The molecule has 1 aromatic heterocycles. The van der Waals surface area contributed by atoms with Crippen LogP contribution in [0.2, 0.25) is 0 Å². The number of aliphatic hydroxyl groups is 1. The molecule has 3 aromatic rings. The molecular weight excluding hydrogens is 380 g/mol. The van der Waals surface area contributed by atoms with Gasteiger partial charge in [0.05, 0.1) is 0 Å². The lowest BCUT2D eigenvalue weighted by molar-refractivity contribution is 0.138. The molecular formula is C24H28N2O4. The summed E-state index contributed by atoms with van der Waals surface area (Å²) < 4.78 is 6.20. The fourth-order valence-electron chi connectivity index (χ4n) is 4.26. The summed E-state index contributed by atoms with van der Waals surface area (Å²) in [5.41, 5.74) is 2.93. The minimum atomic E-state index is -0.890. The Kier molecular flexibility index (Phi) is 5.15. The number of furan rings is 1. The zero-order chi connectivity index (χ0) is 20.7. The van der Waals surface area contributed by atoms with Crippen LogP contribution >= 0.6 is 0 Å². The van der Waals surface area contributed by atoms with Gasteiger partial charge in [-0.05, 0) is 88.1 Å². The minimum absolute atomic E-state index is 0.178. The first-order valence-corrected chi connectivity index (χ1v) is 10.8. The summed E-state index contributed by atoms with van der Waals surface area (Å²) in [5, 5.41) is 35.5. The number of aliphatic hydroxyl groups excluding tert-OH is 1. The van der Waals surface area contributed by atoms with Gasteiger partial charge in [0.15, 0.2) is 0 Å². The molecule has 1 saturated carbocycles. The van der Waals surface area contributed by atoms with Crippen molar-refractivity contribution in [3.8, 4) is 22.8 Å². The number of hydrogen-bond donors (Lipinski definition) is 4. The highest BCUT2D eigenvalue weighted by atomic mass is 16.3. The van der Waals surface area contributed by atoms with E-state index in [9.17, 15) is 15.3 Å². The molecule has 158 valence electrons. The number of fused-ring (bicyclic) bond motifs is 1. The van der Waals surface area contributed by atoms with Crippen LogP contribution < -0.4 is 5.32 Å². The second-order valence-corrected chi connectivity index (χ2v) is 8.47. The lowest BCUT2D eigenvalue weighted by Gasteiger charge is -2.30. The van der Waals surface area contributed by atoms with Crippen molar-refractivity contribution in [2.24, 2.45) is 0 Å². The highest BCUT2D eigenvalue weighted by molar-refractivity contribution is 5.92. The SMILES string of the molecule is Oc1ccc(-c2oc3ccc(O)c(CCCN4CCC4)c3c2C(O)NC2CC2)cc1. The topological polar surface area (TPSA) is 89.1 Å². The first kappa shape index (κ1) is 19.4. The zero-order valence-electron chi connectivity index (χ0n) is 17.0. The second-order valence-electron chi connectivity index (χ2n) is 8.47. The monoisotopic (exact) mass is 408 g/mol. The fraction of sp³-hybridized carbons (Fsp3) is 0.417. The van der Waals surface area contributed by atoms with E-state index in [1.54, 1.807) is 36.4 Å². The summed E-state index contributed by atoms with van der Waals surface area (Å²) in [6, 6.07) is 10.5. The molecule has 0 bridgehead atoms. The normalized spacial score (nSPS) is 17.9. The first-order chi connectivity index (χ1) is 14.6. The van der Waals surface area contributed by atoms with E-state index in [4.69, 9.17) is 4.42 Å². The number of phenols is 2. The van der Waals surface area contributed by atoms with E-state index in [1.807, 2.05) is 0 Å². The third-order valence-corrected chi connectivity index (χ3v) is 6.20. The highest BCUT2D eigenvalue weighted by Crippen LogP contribution is 2.42. The molecule has 4 N–H and O–H groups in total. The molecule has 30 heavy (non-hydrogen) atoms. The zero-order valence-corrected chi connectivity index (χ0v) is 17.0. The number of nitrogens with zero attached hydrogens (tertiary/aromatic N) is 1. The molecule has 0 radical (unpaired) electrons. The first-order valence-electron chi connectivity index (χ1n) is 10.8. The van der Waals surface area contributed by atoms with Gasteiger partial charge in [0, 0.05) is 28.1 Å². The Labute approximate surface area is 175 Å². The van der Waals surface area contributed by atoms with Gasteiger partial charge in [-0.1, -0.05) is 0 Å². The van der Waals surface area contributed by atoms with Gasteiger partial charge in [-0.2, -0.15) is 0 Å². The molecule has 6 nitrogen and oxygen atoms in total. The average Bonchev–Trinajstić information content (AvgIpc) is 3.42. The van der Waals surface area contributed by atoms with Crippen LogP contribution in [-0.2, 0) is 6.42 Å². The third-order valence-electron chi connectivity index (χ3n) is 6.20. The van der Waals surface area contributed by atoms with E-state index < -0.39 is 6.23 Å². The van der Waals surface area contributed by atoms with Gasteiger partial charge in [-0.15, -0.1) is 0 Å². The molecule has 5 rings (SSSR count). The molecule has 1 atom stereocenters. The van der Waals surface area contributed by atoms with Crippen molar-refractivity contribution in [3.63, 3.8) is 0 Å². The van der Waals surface area contributed by atoms with Crippen LogP contribution in [0.4, 0.5) is 0 Å². The molecule has 2 aromatic carbocycles. The van der Waals surface area contributed by atoms with Crippen molar-refractivity contribution in [2.75, 3.05) is 19.6 Å². The standard InChI is InChI=1S/C24H28N2O4/c27-17-8-4-15(5-9-17)23-22(24(29)25-16-6-7-16)21-18(3-1-12-26-13-2-14-26)19(28)10-11-20(21)30-23/h4-5,8-11,16,24-25,27-29H,1-3,6-7,12-14H2. The molecule has 0 amide bonds. The van der Waals surface area contributed by atoms with Crippen LogP contribution in [0.1, 0.15) is 43.0 Å². The van der Waals surface area contributed by atoms with Crippen molar-refractivity contribution >= 4 is 11.0 Å². The van der Waals surface area contributed by atoms with Crippen LogP contribution in [-0.4, -0.2) is 45.9 Å². The van der Waals surface area contributed by atoms with Crippen molar-refractivity contribution in [1.29, 1.82) is 0 Å². The van der Waals surface area contributed by atoms with Crippen LogP contribution in [0.5, 0.6) is 11.5 Å². The lowest BCUT2D eigenvalue weighted by Crippen LogP contribution is -2.37. The molecule has 1 unspecified atom stereocenters. The third kappa shape index (κ3) is 3.78. The van der Waals surface area contributed by atoms with Crippen molar-refractivity contribution < 1.29 is 19.7 Å². The number of hydrogen-bond acceptors (Lipinski definition) is 6. The van der Waals surface area contributed by atoms with Crippen LogP contribution in [0.15, 0.2) is 40.8 Å². The molecule has 2 heterocycles. The van der Waals surface area contributed by atoms with Gasteiger partial charge in [0.1, 0.15) is 29.1 Å². The van der Waals surface area contributed by atoms with Gasteiger partial charge in [-0.25, -0.2) is 0 Å². The summed E-state index contributed by atoms with van der Waals surface area (Å²) >= 11 is 0. The minimum Gasteiger partial charge on any atom is -0.508 e. The molecule has 0 spiro atoms. The number of benzene rings is 2. The number of likely N-dealkylation sites (tertiary alicyclic amines) is 1. The van der Waals surface area contributed by atoms with E-state index in [1.165, 1.54) is 6.42 Å². The maximum atomic E-state index is 11.1. The average molecular weight is 408 g/mol. The molecule has 1 saturated heterocycles. The Balaban J connectivity index is 1.58. The quantitative estimate of drug-likeness (QED) is 0.423. The largest absolute Gasteiger partial charge is 0.508 e. The van der Waals surface area contributed by atoms with Crippen LogP contribution in [0.3, 0.4) is 0 Å². The van der Waals surface area contributed by atoms with Gasteiger partial charge in [0.25, 0.3) is 0 Å². The Morgan fingerprint density at radius 3 is 2.50 bits per heavy atom. The van der Waals surface area contributed by atoms with Gasteiger partial charge in [-0.3, -0.25) is 5.32 Å². The maximum absolute atomic E-state index is 11.1. The molecule has 1 aliphatic carbocycles. The van der Waals surface area contributed by atoms with Gasteiger partial charge >= 0.3 is 0 Å². The number of aryl methyl sites for hydroxylation is 1. The highest BCUT2D eigenvalue weighted by Gasteiger charge is 2.30. The maximum Gasteiger partial charge on any atom is 0.142 e. The fourth-order valence-corrected chi connectivity index (χ4v) is 4.26. The van der Waals surface area contributed by atoms with Crippen molar-refractivity contribution in [1.82, 2.24) is 10.2 Å². The van der Waals surface area contributed by atoms with E-state index in [0.29, 0.717) is 22.9 Å². The summed E-state index contributed by atoms with van der Waals surface area (Å²) in [7, 11) is 0. The van der Waals surface area contributed by atoms with Gasteiger partial charge < -0.3 is 24.6 Å². The number of rotatable bonds is 8. The Bertz CT molecular complexity index is 1040. The molecule has 1 aliphatic heterocycles. The Hall–Kier alpha value is -2.54. The molecule has 6 heteroatoms. The summed E-state index contributed by atoms with van der Waals surface area (Å²) in [4.78, 5) is 2.42. The van der Waals surface area contributed by atoms with E-state index in [0.717, 1.165) is 61.8 Å². The van der Waals surface area contributed by atoms with Crippen LogP contribution in [0.25, 0.3) is 22.3 Å². The predicted molar refractivity (Wildman–Crippen MR) is 115 cm³/mol. The van der Waals surface area contributed by atoms with E-state index in [-0.39, 0.29) is 11.5 Å². The number of phenolic OH excluding ortho intramolecular Hbond substituents is 2. The molecule has 2 aliphatic rings. The number of nitrogens with one attached hydrogen (secondary N) is 1. The van der Waals surface area contributed by atoms with E-state index >= 15 is 0 Å². The van der Waals surface area contributed by atoms with E-state index in [2.05, 4.69) is 10.2 Å². The summed E-state index contributed by atoms with van der Waals surface area (Å²) in [6.45, 7) is 3.32.